The first kappa shape index (κ1) is 17.6. The number of anilines is 1. The summed E-state index contributed by atoms with van der Waals surface area (Å²) in [6, 6.07) is 4.98. The van der Waals surface area contributed by atoms with Gasteiger partial charge in [-0.15, -0.1) is 0 Å². The third-order valence-corrected chi connectivity index (χ3v) is 4.82. The molecule has 0 aliphatic carbocycles. The number of amides is 2. The van der Waals surface area contributed by atoms with Crippen molar-refractivity contribution in [2.24, 2.45) is 0 Å². The molecule has 3 heterocycles. The topological polar surface area (TPSA) is 97.6 Å². The predicted octanol–water partition coefficient (Wildman–Crippen LogP) is 2.04. The third-order valence-electron chi connectivity index (χ3n) is 4.39. The average Bonchev–Trinajstić information content (AvgIpc) is 3.20. The van der Waals surface area contributed by atoms with E-state index >= 15 is 0 Å². The van der Waals surface area contributed by atoms with Gasteiger partial charge in [-0.2, -0.15) is 5.10 Å². The zero-order valence-electron chi connectivity index (χ0n) is 13.4. The fourth-order valence-electron chi connectivity index (χ4n) is 3.22. The van der Waals surface area contributed by atoms with E-state index < -0.39 is 36.6 Å². The minimum absolute atomic E-state index is 0.259. The first-order valence-electron chi connectivity index (χ1n) is 7.99. The van der Waals surface area contributed by atoms with E-state index in [9.17, 15) is 9.90 Å². The maximum absolute atomic E-state index is 12.3. The van der Waals surface area contributed by atoms with Crippen LogP contribution in [0, 0.1) is 0 Å². The van der Waals surface area contributed by atoms with Gasteiger partial charge in [-0.05, 0) is 18.2 Å². The van der Waals surface area contributed by atoms with Gasteiger partial charge in [0, 0.05) is 16.9 Å². The Morgan fingerprint density at radius 3 is 2.92 bits per heavy atom. The van der Waals surface area contributed by atoms with Gasteiger partial charge < -0.3 is 25.2 Å². The average molecular weight is 399 g/mol. The molecule has 5 atom stereocenters. The van der Waals surface area contributed by atoms with Gasteiger partial charge in [0.15, 0.2) is 6.29 Å². The van der Waals surface area contributed by atoms with Crippen LogP contribution in [0.2, 0.25) is 10.0 Å². The van der Waals surface area contributed by atoms with Crippen molar-refractivity contribution in [1.82, 2.24) is 15.1 Å². The summed E-state index contributed by atoms with van der Waals surface area (Å²) in [5.74, 6) is 0. The second-order valence-corrected chi connectivity index (χ2v) is 7.00. The summed E-state index contributed by atoms with van der Waals surface area (Å²) < 4.78 is 12.9. The maximum Gasteiger partial charge on any atom is 0.319 e. The first-order valence-corrected chi connectivity index (χ1v) is 8.75. The highest BCUT2D eigenvalue weighted by Gasteiger charge is 2.51. The number of carbonyl (C=O) groups is 1. The van der Waals surface area contributed by atoms with Crippen LogP contribution in [-0.2, 0) is 9.47 Å². The van der Waals surface area contributed by atoms with Gasteiger partial charge >= 0.3 is 6.03 Å². The Hall–Kier alpha value is -1.84. The molecule has 2 bridgehead atoms. The van der Waals surface area contributed by atoms with Crippen LogP contribution in [0.5, 0.6) is 0 Å². The van der Waals surface area contributed by atoms with Crippen LogP contribution in [0.4, 0.5) is 10.5 Å². The van der Waals surface area contributed by atoms with Crippen LogP contribution in [0.1, 0.15) is 6.04 Å². The molecular formula is C16H16Cl2N4O4. The molecule has 2 saturated heterocycles. The van der Waals surface area contributed by atoms with E-state index in [-0.39, 0.29) is 6.61 Å². The predicted molar refractivity (Wildman–Crippen MR) is 94.3 cm³/mol. The van der Waals surface area contributed by atoms with Crippen molar-refractivity contribution in [2.45, 2.75) is 30.6 Å². The van der Waals surface area contributed by atoms with Crippen molar-refractivity contribution in [1.29, 1.82) is 0 Å². The number of urea groups is 1. The highest BCUT2D eigenvalue weighted by Crippen LogP contribution is 2.35. The van der Waals surface area contributed by atoms with Crippen LogP contribution in [0.3, 0.4) is 0 Å². The Morgan fingerprint density at radius 1 is 1.35 bits per heavy atom. The first-order chi connectivity index (χ1) is 12.5. The molecule has 3 N–H and O–H groups in total. The molecule has 26 heavy (non-hydrogen) atoms. The highest BCUT2D eigenvalue weighted by atomic mass is 35.5. The second-order valence-electron chi connectivity index (χ2n) is 6.13. The largest absolute Gasteiger partial charge is 0.388 e. The van der Waals surface area contributed by atoms with E-state index in [1.807, 2.05) is 0 Å². The Balaban J connectivity index is 1.49. The van der Waals surface area contributed by atoms with Crippen molar-refractivity contribution < 1.29 is 19.4 Å². The molecular weight excluding hydrogens is 383 g/mol. The molecule has 2 aliphatic rings. The molecule has 2 amide bonds. The smallest absolute Gasteiger partial charge is 0.319 e. The number of nitrogens with zero attached hydrogens (tertiary/aromatic N) is 2. The number of carbonyl (C=O) groups excluding carboxylic acids is 1. The molecule has 2 aromatic rings. The van der Waals surface area contributed by atoms with Gasteiger partial charge in [0.2, 0.25) is 0 Å². The third kappa shape index (κ3) is 3.38. The number of hydrogen-bond donors (Lipinski definition) is 3. The zero-order chi connectivity index (χ0) is 18.3. The number of benzene rings is 1. The zero-order valence-corrected chi connectivity index (χ0v) is 14.9. The summed E-state index contributed by atoms with van der Waals surface area (Å²) in [7, 11) is 0. The van der Waals surface area contributed by atoms with E-state index in [1.165, 1.54) is 10.9 Å². The number of aliphatic hydroxyl groups is 1. The van der Waals surface area contributed by atoms with Crippen LogP contribution >= 0.6 is 23.2 Å². The Kier molecular flexibility index (Phi) is 4.76. The number of aliphatic hydroxyl groups excluding tert-OH is 1. The van der Waals surface area contributed by atoms with E-state index in [1.54, 1.807) is 30.5 Å². The molecule has 1 aromatic carbocycles. The van der Waals surface area contributed by atoms with Crippen molar-refractivity contribution in [3.63, 3.8) is 0 Å². The van der Waals surface area contributed by atoms with E-state index in [4.69, 9.17) is 32.7 Å². The summed E-state index contributed by atoms with van der Waals surface area (Å²) in [5, 5.41) is 21.3. The maximum atomic E-state index is 12.3. The minimum atomic E-state index is -0.970. The minimum Gasteiger partial charge on any atom is -0.388 e. The number of fused-ring (bicyclic) bond motifs is 2. The molecule has 1 aromatic heterocycles. The van der Waals surface area contributed by atoms with Crippen molar-refractivity contribution in [2.75, 3.05) is 11.9 Å². The lowest BCUT2D eigenvalue weighted by atomic mass is 9.96. The molecule has 5 unspecified atom stereocenters. The summed E-state index contributed by atoms with van der Waals surface area (Å²) in [6.45, 7) is 0.259. The Bertz CT molecular complexity index is 817. The molecule has 0 saturated carbocycles. The van der Waals surface area contributed by atoms with Gasteiger partial charge in [-0.25, -0.2) is 4.79 Å². The van der Waals surface area contributed by atoms with E-state index in [0.717, 1.165) is 0 Å². The SMILES string of the molecule is O=C(Nc1cccc(Cl)c1)NC1C2COC(O2)C(n2cc(Cl)cn2)C1O. The summed E-state index contributed by atoms with van der Waals surface area (Å²) >= 11 is 11.8. The van der Waals surface area contributed by atoms with Gasteiger partial charge in [0.1, 0.15) is 18.2 Å². The molecule has 0 spiro atoms. The Morgan fingerprint density at radius 2 is 2.19 bits per heavy atom. The summed E-state index contributed by atoms with van der Waals surface area (Å²) in [6.07, 6.45) is 0.956. The Labute approximate surface area is 159 Å². The van der Waals surface area contributed by atoms with Gasteiger partial charge in [0.25, 0.3) is 0 Å². The van der Waals surface area contributed by atoms with Crippen LogP contribution in [0.15, 0.2) is 36.7 Å². The normalized spacial score (nSPS) is 30.2. The number of halogens is 2. The number of aromatic nitrogens is 2. The molecule has 0 radical (unpaired) electrons. The molecule has 2 fully saturated rings. The molecule has 138 valence electrons. The monoisotopic (exact) mass is 398 g/mol. The summed E-state index contributed by atoms with van der Waals surface area (Å²) in [5.41, 5.74) is 0.539. The molecule has 8 nitrogen and oxygen atoms in total. The standard InChI is InChI=1S/C16H16Cl2N4O4/c17-8-2-1-3-10(4-8)20-16(24)21-12-11-7-25-15(26-11)13(14(12)23)22-6-9(18)5-19-22/h1-6,11-15,23H,7H2,(H2,20,21,24). The number of rotatable bonds is 3. The lowest BCUT2D eigenvalue weighted by Gasteiger charge is -2.38. The summed E-state index contributed by atoms with van der Waals surface area (Å²) in [4.78, 5) is 12.3. The van der Waals surface area contributed by atoms with Crippen molar-refractivity contribution in [3.05, 3.63) is 46.7 Å². The van der Waals surface area contributed by atoms with Crippen LogP contribution in [-0.4, -0.2) is 52.1 Å². The van der Waals surface area contributed by atoms with Gasteiger partial charge in [-0.1, -0.05) is 29.3 Å². The van der Waals surface area contributed by atoms with E-state index in [0.29, 0.717) is 15.7 Å². The number of ether oxygens (including phenoxy) is 2. The lowest BCUT2D eigenvalue weighted by molar-refractivity contribution is -0.166. The van der Waals surface area contributed by atoms with Crippen LogP contribution < -0.4 is 10.6 Å². The molecule has 4 rings (SSSR count). The van der Waals surface area contributed by atoms with Gasteiger partial charge in [-0.3, -0.25) is 4.68 Å². The number of nitrogens with one attached hydrogen (secondary N) is 2. The lowest BCUT2D eigenvalue weighted by Crippen LogP contribution is -2.59. The quantitative estimate of drug-likeness (QED) is 0.734. The molecule has 2 aliphatic heterocycles. The number of hydrogen-bond acceptors (Lipinski definition) is 5. The van der Waals surface area contributed by atoms with Gasteiger partial charge in [0.05, 0.1) is 23.9 Å². The molecule has 10 heteroatoms. The van der Waals surface area contributed by atoms with Crippen molar-refractivity contribution >= 4 is 34.9 Å². The fourth-order valence-corrected chi connectivity index (χ4v) is 3.56. The van der Waals surface area contributed by atoms with Crippen molar-refractivity contribution in [3.8, 4) is 0 Å². The highest BCUT2D eigenvalue weighted by molar-refractivity contribution is 6.31. The fraction of sp³-hybridized carbons (Fsp3) is 0.375. The second kappa shape index (κ2) is 7.05. The van der Waals surface area contributed by atoms with E-state index in [2.05, 4.69) is 15.7 Å². The van der Waals surface area contributed by atoms with Crippen LogP contribution in [0.25, 0.3) is 0 Å².